The minimum absolute atomic E-state index is 0.0208. The van der Waals surface area contributed by atoms with Crippen LogP contribution in [0.15, 0.2) is 12.3 Å². The Morgan fingerprint density at radius 3 is 1.98 bits per heavy atom. The second-order valence-electron chi connectivity index (χ2n) is 11.8. The van der Waals surface area contributed by atoms with Gasteiger partial charge in [-0.1, -0.05) is 48.1 Å². The molecule has 2 atom stereocenters. The number of nitrogens with zero attached hydrogens (tertiary/aromatic N) is 1. The first-order valence-corrected chi connectivity index (χ1v) is 15.2. The quantitative estimate of drug-likeness (QED) is 0.121. The van der Waals surface area contributed by atoms with Crippen LogP contribution in [0.3, 0.4) is 0 Å². The van der Waals surface area contributed by atoms with Crippen LogP contribution >= 0.6 is 12.6 Å². The van der Waals surface area contributed by atoms with Crippen molar-refractivity contribution in [1.29, 1.82) is 0 Å². The highest BCUT2D eigenvalue weighted by Gasteiger charge is 2.43. The standard InChI is InChI=1S/C24H44N4O3S.C5H12O.CH4O/c1-16(2)18(5)25-12-9-8-11-19(27-22(30)17(3)4)23(31)26-13-10-14-28-21(29)15-20(32)24(28,6)7;1-5(2)3-4-6;1-2/h16-17,19-20,25,32H,5,8-15H2,1-4,6-7H3,(H,26,31)(H,27,30);5-6H,3-4H2,1-2H3;2H,1H3. The van der Waals surface area contributed by atoms with Crippen LogP contribution in [-0.4, -0.2) is 83.0 Å². The summed E-state index contributed by atoms with van der Waals surface area (Å²) in [4.78, 5) is 39.0. The molecule has 0 bridgehead atoms. The highest BCUT2D eigenvalue weighted by Crippen LogP contribution is 2.33. The van der Waals surface area contributed by atoms with Crippen LogP contribution in [0.1, 0.15) is 93.9 Å². The first kappa shape index (κ1) is 40.4. The van der Waals surface area contributed by atoms with Gasteiger partial charge >= 0.3 is 0 Å². The van der Waals surface area contributed by atoms with Gasteiger partial charge in [-0.05, 0) is 57.8 Å². The van der Waals surface area contributed by atoms with Crippen LogP contribution in [-0.2, 0) is 14.4 Å². The summed E-state index contributed by atoms with van der Waals surface area (Å²) in [6.45, 7) is 22.2. The number of thiol groups is 1. The molecule has 9 nitrogen and oxygen atoms in total. The summed E-state index contributed by atoms with van der Waals surface area (Å²) >= 11 is 4.53. The van der Waals surface area contributed by atoms with E-state index < -0.39 is 6.04 Å². The van der Waals surface area contributed by atoms with Crippen LogP contribution < -0.4 is 16.0 Å². The molecule has 236 valence electrons. The van der Waals surface area contributed by atoms with E-state index in [9.17, 15) is 14.4 Å². The number of aliphatic hydroxyl groups excluding tert-OH is 2. The summed E-state index contributed by atoms with van der Waals surface area (Å²) in [6, 6.07) is -0.551. The smallest absolute Gasteiger partial charge is 0.242 e. The lowest BCUT2D eigenvalue weighted by Crippen LogP contribution is -2.49. The SMILES string of the molecule is C=C(NCCCCC(NC(=O)C(C)C)C(=O)NCCCN1C(=O)CC(S)C1(C)C)C(C)C.CC(C)CCO.CO. The minimum atomic E-state index is -0.551. The second kappa shape index (κ2) is 21.9. The van der Waals surface area contributed by atoms with Gasteiger partial charge in [0.15, 0.2) is 0 Å². The Morgan fingerprint density at radius 2 is 1.55 bits per heavy atom. The Bertz CT molecular complexity index is 744. The van der Waals surface area contributed by atoms with E-state index in [1.807, 2.05) is 32.6 Å². The summed E-state index contributed by atoms with van der Waals surface area (Å²) in [7, 11) is 1.00. The molecule has 1 fully saturated rings. The van der Waals surface area contributed by atoms with Crippen LogP contribution in [0.4, 0.5) is 0 Å². The fraction of sp³-hybridized carbons (Fsp3) is 0.833. The van der Waals surface area contributed by atoms with E-state index in [1.165, 1.54) is 0 Å². The van der Waals surface area contributed by atoms with Crippen molar-refractivity contribution < 1.29 is 24.6 Å². The number of rotatable bonds is 16. The number of amides is 3. The molecule has 1 heterocycles. The summed E-state index contributed by atoms with van der Waals surface area (Å²) in [5.41, 5.74) is 0.726. The Kier molecular flexibility index (Phi) is 22.1. The van der Waals surface area contributed by atoms with E-state index in [4.69, 9.17) is 10.2 Å². The lowest BCUT2D eigenvalue weighted by molar-refractivity contribution is -0.131. The van der Waals surface area contributed by atoms with Gasteiger partial charge in [-0.15, -0.1) is 0 Å². The van der Waals surface area contributed by atoms with Crippen molar-refractivity contribution in [2.45, 2.75) is 111 Å². The molecule has 0 aromatic rings. The third-order valence-corrected chi connectivity index (χ3v) is 7.68. The lowest BCUT2D eigenvalue weighted by Gasteiger charge is -2.34. The highest BCUT2D eigenvalue weighted by atomic mass is 32.1. The zero-order valence-electron chi connectivity index (χ0n) is 26.7. The van der Waals surface area contributed by atoms with E-state index in [0.29, 0.717) is 50.8 Å². The van der Waals surface area contributed by atoms with Crippen molar-refractivity contribution in [2.24, 2.45) is 17.8 Å². The van der Waals surface area contributed by atoms with Crippen molar-refractivity contribution in [3.05, 3.63) is 12.3 Å². The van der Waals surface area contributed by atoms with Crippen LogP contribution in [0.25, 0.3) is 0 Å². The number of allylic oxidation sites excluding steroid dienone is 1. The molecule has 0 aliphatic carbocycles. The summed E-state index contributed by atoms with van der Waals surface area (Å²) in [5.74, 6) is 0.670. The molecule has 1 aliphatic rings. The first-order chi connectivity index (χ1) is 18.6. The van der Waals surface area contributed by atoms with Gasteiger partial charge in [-0.25, -0.2) is 0 Å². The number of carbonyl (C=O) groups excluding carboxylic acids is 3. The van der Waals surface area contributed by atoms with Crippen molar-refractivity contribution in [1.82, 2.24) is 20.9 Å². The van der Waals surface area contributed by atoms with Crippen LogP contribution in [0.5, 0.6) is 0 Å². The van der Waals surface area contributed by atoms with Crippen LogP contribution in [0, 0.1) is 17.8 Å². The molecule has 3 amide bonds. The molecular formula is C30H60N4O5S. The topological polar surface area (TPSA) is 131 Å². The van der Waals surface area contributed by atoms with E-state index in [-0.39, 0.29) is 34.4 Å². The summed E-state index contributed by atoms with van der Waals surface area (Å²) in [6.07, 6.45) is 4.33. The van der Waals surface area contributed by atoms with E-state index in [1.54, 1.807) is 0 Å². The van der Waals surface area contributed by atoms with Crippen LogP contribution in [0.2, 0.25) is 0 Å². The number of hydrogen-bond acceptors (Lipinski definition) is 7. The largest absolute Gasteiger partial charge is 0.400 e. The Balaban J connectivity index is 0. The molecule has 2 unspecified atom stereocenters. The molecular weight excluding hydrogens is 528 g/mol. The molecule has 0 aromatic heterocycles. The fourth-order valence-electron chi connectivity index (χ4n) is 3.80. The van der Waals surface area contributed by atoms with Gasteiger partial charge in [0.2, 0.25) is 17.7 Å². The molecule has 0 saturated carbocycles. The van der Waals surface area contributed by atoms with Gasteiger partial charge in [0.25, 0.3) is 0 Å². The zero-order chi connectivity index (χ0) is 31.5. The molecule has 40 heavy (non-hydrogen) atoms. The molecule has 5 N–H and O–H groups in total. The maximum absolute atomic E-state index is 12.8. The molecule has 1 saturated heterocycles. The number of unbranched alkanes of at least 4 members (excludes halogenated alkanes) is 1. The average molecular weight is 589 g/mol. The zero-order valence-corrected chi connectivity index (χ0v) is 27.6. The van der Waals surface area contributed by atoms with Crippen molar-refractivity contribution in [2.75, 3.05) is 33.4 Å². The summed E-state index contributed by atoms with van der Waals surface area (Å²) < 4.78 is 0. The fourth-order valence-corrected chi connectivity index (χ4v) is 4.10. The van der Waals surface area contributed by atoms with Gasteiger partial charge in [-0.3, -0.25) is 14.4 Å². The van der Waals surface area contributed by atoms with Crippen molar-refractivity contribution >= 4 is 30.4 Å². The second-order valence-corrected chi connectivity index (χ2v) is 12.4. The van der Waals surface area contributed by atoms with Crippen molar-refractivity contribution in [3.63, 3.8) is 0 Å². The first-order valence-electron chi connectivity index (χ1n) is 14.7. The maximum atomic E-state index is 12.8. The van der Waals surface area contributed by atoms with Gasteiger partial charge in [0.1, 0.15) is 6.04 Å². The Labute approximate surface area is 249 Å². The monoisotopic (exact) mass is 588 g/mol. The van der Waals surface area contributed by atoms with Gasteiger partial charge in [-0.2, -0.15) is 12.6 Å². The average Bonchev–Trinajstić information content (AvgIpc) is 3.07. The molecule has 0 spiro atoms. The van der Waals surface area contributed by atoms with Gasteiger partial charge in [0.05, 0.1) is 0 Å². The maximum Gasteiger partial charge on any atom is 0.242 e. The van der Waals surface area contributed by atoms with Gasteiger partial charge < -0.3 is 31.1 Å². The van der Waals surface area contributed by atoms with Gasteiger partial charge in [0, 0.05) is 62.2 Å². The predicted molar refractivity (Wildman–Crippen MR) is 168 cm³/mol. The van der Waals surface area contributed by atoms with E-state index >= 15 is 0 Å². The highest BCUT2D eigenvalue weighted by molar-refractivity contribution is 7.81. The molecule has 1 rings (SSSR count). The third kappa shape index (κ3) is 16.5. The molecule has 0 radical (unpaired) electrons. The Hall–Kier alpha value is -1.78. The number of carbonyl (C=O) groups is 3. The predicted octanol–water partition coefficient (Wildman–Crippen LogP) is 3.51. The number of hydrogen-bond donors (Lipinski definition) is 6. The molecule has 0 aromatic carbocycles. The number of nitrogens with one attached hydrogen (secondary N) is 3. The normalized spacial score (nSPS) is 16.6. The number of likely N-dealkylation sites (tertiary alicyclic amines) is 1. The van der Waals surface area contributed by atoms with Crippen molar-refractivity contribution in [3.8, 4) is 0 Å². The molecule has 1 aliphatic heterocycles. The van der Waals surface area contributed by atoms with E-state index in [0.717, 1.165) is 38.6 Å². The van der Waals surface area contributed by atoms with E-state index in [2.05, 4.69) is 62.9 Å². The third-order valence-electron chi connectivity index (χ3n) is 6.87. The molecule has 10 heteroatoms. The Morgan fingerprint density at radius 1 is 0.975 bits per heavy atom. The summed E-state index contributed by atoms with van der Waals surface area (Å²) in [5, 5.41) is 24.4. The number of aliphatic hydroxyl groups is 2. The lowest BCUT2D eigenvalue weighted by atomic mass is 10.0. The minimum Gasteiger partial charge on any atom is -0.400 e.